The Morgan fingerprint density at radius 3 is 2.62 bits per heavy atom. The molecular formula is C12H11NO3. The molecule has 82 valence electrons. The molecule has 1 aromatic rings. The van der Waals surface area contributed by atoms with Gasteiger partial charge in [0.25, 0.3) is 0 Å². The molecular weight excluding hydrogens is 206 g/mol. The molecule has 0 saturated heterocycles. The second-order valence-electron chi connectivity index (χ2n) is 3.27. The molecule has 0 fully saturated rings. The van der Waals surface area contributed by atoms with E-state index in [1.54, 1.807) is 18.2 Å². The smallest absolute Gasteiger partial charge is 0.213 e. The summed E-state index contributed by atoms with van der Waals surface area (Å²) < 4.78 is 5.40. The topological polar surface area (TPSA) is 55.4 Å². The first-order chi connectivity index (χ1) is 7.79. The minimum Gasteiger partial charge on any atom is -0.491 e. The van der Waals surface area contributed by atoms with E-state index in [-0.39, 0.29) is 11.5 Å². The van der Waals surface area contributed by atoms with E-state index in [0.717, 1.165) is 5.56 Å². The molecule has 0 bridgehead atoms. The van der Waals surface area contributed by atoms with Crippen molar-refractivity contribution >= 4 is 18.0 Å². The number of nitrogens with one attached hydrogen (secondary N) is 1. The lowest BCUT2D eigenvalue weighted by Gasteiger charge is -2.06. The van der Waals surface area contributed by atoms with Crippen LogP contribution in [0.2, 0.25) is 0 Å². The number of ketones is 1. The summed E-state index contributed by atoms with van der Waals surface area (Å²) in [7, 11) is 0. The van der Waals surface area contributed by atoms with Gasteiger partial charge in [-0.15, -0.1) is 0 Å². The lowest BCUT2D eigenvalue weighted by atomic mass is 10.1. The Bertz CT molecular complexity index is 477. The van der Waals surface area contributed by atoms with Gasteiger partial charge in [0.15, 0.2) is 5.76 Å². The number of rotatable bonds is 4. The number of allylic oxidation sites excluding steroid dienone is 1. The van der Waals surface area contributed by atoms with Crippen molar-refractivity contribution in [2.75, 3.05) is 6.61 Å². The molecule has 1 aliphatic rings. The van der Waals surface area contributed by atoms with Crippen LogP contribution in [0.25, 0.3) is 5.76 Å². The summed E-state index contributed by atoms with van der Waals surface area (Å²) >= 11 is 0. The Morgan fingerprint density at radius 1 is 1.31 bits per heavy atom. The fourth-order valence-corrected chi connectivity index (χ4v) is 1.74. The van der Waals surface area contributed by atoms with Crippen molar-refractivity contribution in [3.8, 4) is 0 Å². The number of fused-ring (bicyclic) bond motifs is 1. The van der Waals surface area contributed by atoms with Crippen LogP contribution in [0.3, 0.4) is 0 Å². The molecule has 1 aliphatic carbocycles. The van der Waals surface area contributed by atoms with Crippen LogP contribution in [0.5, 0.6) is 0 Å². The molecule has 0 aliphatic heterocycles. The number of benzene rings is 1. The van der Waals surface area contributed by atoms with Crippen LogP contribution in [-0.2, 0) is 9.53 Å². The maximum absolute atomic E-state index is 11.9. The first kappa shape index (κ1) is 10.4. The average molecular weight is 217 g/mol. The first-order valence-corrected chi connectivity index (χ1v) is 5.01. The zero-order valence-corrected chi connectivity index (χ0v) is 8.82. The van der Waals surface area contributed by atoms with Crippen molar-refractivity contribution in [3.05, 3.63) is 41.1 Å². The second kappa shape index (κ2) is 4.18. The SMILES string of the molecule is CCOC1=C(NC=O)C(=O)c2ccccc21. The van der Waals surface area contributed by atoms with E-state index in [1.165, 1.54) is 0 Å². The van der Waals surface area contributed by atoms with E-state index in [1.807, 2.05) is 13.0 Å². The van der Waals surface area contributed by atoms with Crippen LogP contribution in [0.15, 0.2) is 30.0 Å². The summed E-state index contributed by atoms with van der Waals surface area (Å²) in [6.45, 7) is 2.28. The van der Waals surface area contributed by atoms with Gasteiger partial charge in [0.2, 0.25) is 12.2 Å². The number of ether oxygens (including phenoxy) is 1. The third kappa shape index (κ3) is 1.48. The van der Waals surface area contributed by atoms with Gasteiger partial charge in [0.05, 0.1) is 6.61 Å². The van der Waals surface area contributed by atoms with Gasteiger partial charge < -0.3 is 10.1 Å². The Labute approximate surface area is 92.9 Å². The van der Waals surface area contributed by atoms with Crippen molar-refractivity contribution in [2.45, 2.75) is 6.92 Å². The van der Waals surface area contributed by atoms with Gasteiger partial charge in [-0.05, 0) is 6.92 Å². The molecule has 0 saturated carbocycles. The molecule has 0 heterocycles. The molecule has 0 unspecified atom stereocenters. The quantitative estimate of drug-likeness (QED) is 0.774. The Balaban J connectivity index is 2.52. The average Bonchev–Trinajstić information content (AvgIpc) is 2.57. The molecule has 2 rings (SSSR count). The van der Waals surface area contributed by atoms with E-state index in [9.17, 15) is 9.59 Å². The molecule has 0 radical (unpaired) electrons. The number of hydrogen-bond acceptors (Lipinski definition) is 3. The van der Waals surface area contributed by atoms with Crippen LogP contribution in [0.4, 0.5) is 0 Å². The second-order valence-corrected chi connectivity index (χ2v) is 3.27. The third-order valence-corrected chi connectivity index (χ3v) is 2.36. The van der Waals surface area contributed by atoms with Crippen LogP contribution < -0.4 is 5.32 Å². The van der Waals surface area contributed by atoms with Crippen molar-refractivity contribution in [1.82, 2.24) is 5.32 Å². The number of amides is 1. The molecule has 4 nitrogen and oxygen atoms in total. The molecule has 1 N–H and O–H groups in total. The zero-order chi connectivity index (χ0) is 11.5. The van der Waals surface area contributed by atoms with Crippen molar-refractivity contribution in [3.63, 3.8) is 0 Å². The van der Waals surface area contributed by atoms with Crippen LogP contribution in [-0.4, -0.2) is 18.8 Å². The standard InChI is InChI=1S/C12H11NO3/c1-2-16-12-9-6-4-3-5-8(9)11(15)10(12)13-7-14/h3-7H,2H2,1H3,(H,13,14,15). The number of Topliss-reactive ketones (excluding diaryl/α,β-unsaturated/α-hetero) is 1. The Hall–Kier alpha value is -2.10. The van der Waals surface area contributed by atoms with Gasteiger partial charge in [0, 0.05) is 11.1 Å². The highest BCUT2D eigenvalue weighted by Crippen LogP contribution is 2.31. The van der Waals surface area contributed by atoms with Gasteiger partial charge >= 0.3 is 0 Å². The van der Waals surface area contributed by atoms with Gasteiger partial charge in [0.1, 0.15) is 5.70 Å². The predicted octanol–water partition coefficient (Wildman–Crippen LogP) is 1.33. The summed E-state index contributed by atoms with van der Waals surface area (Å²) in [4.78, 5) is 22.4. The summed E-state index contributed by atoms with van der Waals surface area (Å²) in [6, 6.07) is 7.13. The van der Waals surface area contributed by atoms with Crippen molar-refractivity contribution in [2.24, 2.45) is 0 Å². The summed E-state index contributed by atoms with van der Waals surface area (Å²) in [5.74, 6) is 0.251. The van der Waals surface area contributed by atoms with Crippen LogP contribution >= 0.6 is 0 Å². The molecule has 1 aromatic carbocycles. The molecule has 1 amide bonds. The summed E-state index contributed by atoms with van der Waals surface area (Å²) in [5.41, 5.74) is 1.52. The van der Waals surface area contributed by atoms with Crippen molar-refractivity contribution in [1.29, 1.82) is 0 Å². The number of hydrogen-bond donors (Lipinski definition) is 1. The normalized spacial score (nSPS) is 13.7. The van der Waals surface area contributed by atoms with Gasteiger partial charge in [-0.2, -0.15) is 0 Å². The van der Waals surface area contributed by atoms with E-state index in [2.05, 4.69) is 5.32 Å². The maximum atomic E-state index is 11.9. The fraction of sp³-hybridized carbons (Fsp3) is 0.167. The highest BCUT2D eigenvalue weighted by molar-refractivity contribution is 6.20. The number of carbonyl (C=O) groups excluding carboxylic acids is 2. The predicted molar refractivity (Wildman–Crippen MR) is 58.5 cm³/mol. The van der Waals surface area contributed by atoms with Crippen LogP contribution in [0.1, 0.15) is 22.8 Å². The molecule has 0 aromatic heterocycles. The van der Waals surface area contributed by atoms with E-state index < -0.39 is 0 Å². The van der Waals surface area contributed by atoms with Crippen molar-refractivity contribution < 1.29 is 14.3 Å². The number of carbonyl (C=O) groups is 2. The Kier molecular flexibility index (Phi) is 2.72. The lowest BCUT2D eigenvalue weighted by Crippen LogP contribution is -2.17. The van der Waals surface area contributed by atoms with Gasteiger partial charge in [-0.1, -0.05) is 24.3 Å². The van der Waals surface area contributed by atoms with Gasteiger partial charge in [-0.3, -0.25) is 9.59 Å². The highest BCUT2D eigenvalue weighted by Gasteiger charge is 2.30. The fourth-order valence-electron chi connectivity index (χ4n) is 1.74. The monoisotopic (exact) mass is 217 g/mol. The lowest BCUT2D eigenvalue weighted by molar-refractivity contribution is -0.108. The highest BCUT2D eigenvalue weighted by atomic mass is 16.5. The first-order valence-electron chi connectivity index (χ1n) is 5.01. The van der Waals surface area contributed by atoms with Crippen LogP contribution in [0, 0.1) is 0 Å². The van der Waals surface area contributed by atoms with E-state index in [4.69, 9.17) is 4.74 Å². The van der Waals surface area contributed by atoms with Gasteiger partial charge in [-0.25, -0.2) is 0 Å². The summed E-state index contributed by atoms with van der Waals surface area (Å²) in [5, 5.41) is 2.40. The molecule has 4 heteroatoms. The minimum absolute atomic E-state index is 0.203. The molecule has 0 atom stereocenters. The zero-order valence-electron chi connectivity index (χ0n) is 8.82. The molecule has 0 spiro atoms. The third-order valence-electron chi connectivity index (χ3n) is 2.36. The summed E-state index contributed by atoms with van der Waals surface area (Å²) in [6.07, 6.45) is 0.484. The molecule has 16 heavy (non-hydrogen) atoms. The van der Waals surface area contributed by atoms with E-state index in [0.29, 0.717) is 24.3 Å². The Morgan fingerprint density at radius 2 is 2.00 bits per heavy atom. The van der Waals surface area contributed by atoms with E-state index >= 15 is 0 Å². The largest absolute Gasteiger partial charge is 0.491 e. The minimum atomic E-state index is -0.203. The maximum Gasteiger partial charge on any atom is 0.213 e.